The molecule has 0 unspecified atom stereocenters. The van der Waals surface area contributed by atoms with Gasteiger partial charge in [-0.2, -0.15) is 5.10 Å². The topological polar surface area (TPSA) is 30.7 Å². The Morgan fingerprint density at radius 1 is 0.345 bits per heavy atom. The number of para-hydroxylation sites is 1. The molecular weight excluding hydrogens is 667 g/mol. The maximum atomic E-state index is 5.35. The van der Waals surface area contributed by atoms with E-state index in [4.69, 9.17) is 10.1 Å². The molecule has 0 bridgehead atoms. The highest BCUT2D eigenvalue weighted by atomic mass is 15.3. The van der Waals surface area contributed by atoms with Gasteiger partial charge in [0.1, 0.15) is 5.69 Å². The van der Waals surface area contributed by atoms with Gasteiger partial charge >= 0.3 is 0 Å². The molecule has 0 atom stereocenters. The molecule has 0 fully saturated rings. The smallest absolute Gasteiger partial charge is 0.101 e. The van der Waals surface area contributed by atoms with E-state index in [0.717, 1.165) is 89.1 Å². The Balaban J connectivity index is 1.12. The predicted octanol–water partition coefficient (Wildman–Crippen LogP) is 13.6. The largest absolute Gasteiger partial charge is 0.248 e. The highest BCUT2D eigenvalue weighted by Crippen LogP contribution is 2.42. The Morgan fingerprint density at radius 2 is 0.818 bits per heavy atom. The van der Waals surface area contributed by atoms with Crippen LogP contribution in [0.3, 0.4) is 0 Å². The van der Waals surface area contributed by atoms with Crippen LogP contribution in [0.4, 0.5) is 0 Å². The Bertz CT molecular complexity index is 2860. The Labute approximate surface area is 320 Å². The van der Waals surface area contributed by atoms with Gasteiger partial charge in [0.2, 0.25) is 0 Å². The molecule has 0 radical (unpaired) electrons. The summed E-state index contributed by atoms with van der Waals surface area (Å²) in [7, 11) is 0. The quantitative estimate of drug-likeness (QED) is 0.166. The Kier molecular flexibility index (Phi) is 8.16. The van der Waals surface area contributed by atoms with Crippen molar-refractivity contribution in [3.63, 3.8) is 0 Å². The molecule has 55 heavy (non-hydrogen) atoms. The van der Waals surface area contributed by atoms with Gasteiger partial charge in [-0.3, -0.25) is 0 Å². The molecule has 3 nitrogen and oxygen atoms in total. The summed E-state index contributed by atoms with van der Waals surface area (Å²) in [6, 6.07) is 75.1. The predicted molar refractivity (Wildman–Crippen MR) is 229 cm³/mol. The molecule has 2 heterocycles. The lowest BCUT2D eigenvalue weighted by molar-refractivity contribution is 0.918. The summed E-state index contributed by atoms with van der Waals surface area (Å²) in [5.41, 5.74) is 15.3. The monoisotopic (exact) mass is 701 g/mol. The van der Waals surface area contributed by atoms with E-state index in [1.54, 1.807) is 0 Å². The van der Waals surface area contributed by atoms with Gasteiger partial charge < -0.3 is 0 Å². The van der Waals surface area contributed by atoms with Crippen molar-refractivity contribution in [3.8, 4) is 72.8 Å². The van der Waals surface area contributed by atoms with Crippen LogP contribution in [-0.2, 0) is 0 Å². The van der Waals surface area contributed by atoms with E-state index in [2.05, 4.69) is 205 Å². The van der Waals surface area contributed by atoms with E-state index in [1.165, 1.54) is 5.39 Å². The van der Waals surface area contributed by atoms with Crippen LogP contribution in [0.2, 0.25) is 0 Å². The zero-order valence-corrected chi connectivity index (χ0v) is 30.0. The molecule has 0 saturated heterocycles. The Hall–Kier alpha value is -7.36. The first kappa shape index (κ1) is 32.3. The summed E-state index contributed by atoms with van der Waals surface area (Å²) in [5, 5.41) is 8.82. The number of hydrogen-bond donors (Lipinski definition) is 0. The van der Waals surface area contributed by atoms with Crippen LogP contribution in [0.1, 0.15) is 0 Å². The second-order valence-electron chi connectivity index (χ2n) is 13.8. The highest BCUT2D eigenvalue weighted by Gasteiger charge is 2.21. The van der Waals surface area contributed by atoms with Crippen molar-refractivity contribution in [2.75, 3.05) is 0 Å². The number of rotatable bonds is 7. The number of pyridine rings is 1. The zero-order chi connectivity index (χ0) is 36.6. The Morgan fingerprint density at radius 3 is 1.38 bits per heavy atom. The van der Waals surface area contributed by atoms with Crippen molar-refractivity contribution in [3.05, 3.63) is 212 Å². The average Bonchev–Trinajstić information content (AvgIpc) is 3.68. The molecule has 10 rings (SSSR count). The van der Waals surface area contributed by atoms with Gasteiger partial charge in [-0.1, -0.05) is 176 Å². The number of benzene rings is 8. The minimum absolute atomic E-state index is 0.959. The van der Waals surface area contributed by atoms with Crippen LogP contribution >= 0.6 is 0 Å². The van der Waals surface area contributed by atoms with Crippen LogP contribution < -0.4 is 0 Å². The number of hydrogen-bond acceptors (Lipinski definition) is 2. The van der Waals surface area contributed by atoms with Crippen LogP contribution in [-0.4, -0.2) is 14.8 Å². The van der Waals surface area contributed by atoms with Crippen molar-refractivity contribution >= 4 is 21.7 Å². The minimum atomic E-state index is 0.959. The number of aromatic nitrogens is 3. The van der Waals surface area contributed by atoms with Crippen LogP contribution in [0.25, 0.3) is 94.5 Å². The van der Waals surface area contributed by atoms with Gasteiger partial charge in [-0.25, -0.2) is 9.67 Å². The van der Waals surface area contributed by atoms with Gasteiger partial charge in [0, 0.05) is 27.5 Å². The molecule has 0 aliphatic heterocycles. The molecule has 0 spiro atoms. The van der Waals surface area contributed by atoms with E-state index < -0.39 is 0 Å². The first-order chi connectivity index (χ1) is 27.3. The second-order valence-corrected chi connectivity index (χ2v) is 13.8. The van der Waals surface area contributed by atoms with Gasteiger partial charge in [-0.05, 0) is 75.2 Å². The number of nitrogens with zero attached hydrogens (tertiary/aromatic N) is 3. The standard InChI is InChI=1S/C52H35N3/c1-6-16-38(17-7-1)47-33-44-32-42(30-31-46(44)52-50(47)51(41-22-12-4-13-23-41)54-55(52)45-24-14-5-15-25-45)36-26-28-37(29-27-36)43-34-48(39-18-8-2-9-19-39)53-49(35-43)40-20-10-3-11-21-40/h1-35H. The third-order valence-corrected chi connectivity index (χ3v) is 10.4. The van der Waals surface area contributed by atoms with E-state index in [9.17, 15) is 0 Å². The fourth-order valence-corrected chi connectivity index (χ4v) is 7.69. The third-order valence-electron chi connectivity index (χ3n) is 10.4. The van der Waals surface area contributed by atoms with Gasteiger partial charge in [-0.15, -0.1) is 0 Å². The summed E-state index contributed by atoms with van der Waals surface area (Å²) in [5.74, 6) is 0. The lowest BCUT2D eigenvalue weighted by Gasteiger charge is -2.13. The normalized spacial score (nSPS) is 11.3. The fourth-order valence-electron chi connectivity index (χ4n) is 7.69. The SMILES string of the molecule is c1ccc(-c2cc(-c3ccc(-c4ccc5c(c4)cc(-c4ccccc4)c4c(-c6ccccc6)nn(-c6ccccc6)c45)cc3)cc(-c3ccccc3)n2)cc1. The first-order valence-corrected chi connectivity index (χ1v) is 18.7. The van der Waals surface area contributed by atoms with Crippen molar-refractivity contribution in [1.29, 1.82) is 0 Å². The van der Waals surface area contributed by atoms with Crippen molar-refractivity contribution < 1.29 is 0 Å². The molecule has 10 aromatic rings. The van der Waals surface area contributed by atoms with Gasteiger partial charge in [0.25, 0.3) is 0 Å². The molecule has 8 aromatic carbocycles. The molecule has 3 heteroatoms. The molecule has 0 N–H and O–H groups in total. The maximum absolute atomic E-state index is 5.35. The summed E-state index contributed by atoms with van der Waals surface area (Å²) in [6.45, 7) is 0. The summed E-state index contributed by atoms with van der Waals surface area (Å²) >= 11 is 0. The average molecular weight is 702 g/mol. The molecular formula is C52H35N3. The number of fused-ring (bicyclic) bond motifs is 3. The first-order valence-electron chi connectivity index (χ1n) is 18.7. The molecule has 0 aliphatic carbocycles. The minimum Gasteiger partial charge on any atom is -0.248 e. The molecule has 0 amide bonds. The van der Waals surface area contributed by atoms with Gasteiger partial charge in [0.05, 0.1) is 22.6 Å². The molecule has 2 aromatic heterocycles. The lowest BCUT2D eigenvalue weighted by atomic mass is 9.92. The summed E-state index contributed by atoms with van der Waals surface area (Å²) < 4.78 is 2.13. The third kappa shape index (κ3) is 6.08. The maximum Gasteiger partial charge on any atom is 0.101 e. The zero-order valence-electron chi connectivity index (χ0n) is 30.0. The van der Waals surface area contributed by atoms with Crippen molar-refractivity contribution in [2.24, 2.45) is 0 Å². The van der Waals surface area contributed by atoms with Crippen LogP contribution in [0.5, 0.6) is 0 Å². The second kappa shape index (κ2) is 13.9. The fraction of sp³-hybridized carbons (Fsp3) is 0. The lowest BCUT2D eigenvalue weighted by Crippen LogP contribution is -1.97. The van der Waals surface area contributed by atoms with Crippen molar-refractivity contribution in [1.82, 2.24) is 14.8 Å². The summed E-state index contributed by atoms with van der Waals surface area (Å²) in [4.78, 5) is 5.08. The highest BCUT2D eigenvalue weighted by molar-refractivity contribution is 6.17. The van der Waals surface area contributed by atoms with E-state index in [1.807, 2.05) is 12.1 Å². The van der Waals surface area contributed by atoms with Crippen molar-refractivity contribution in [2.45, 2.75) is 0 Å². The van der Waals surface area contributed by atoms with E-state index >= 15 is 0 Å². The molecule has 258 valence electrons. The van der Waals surface area contributed by atoms with Crippen LogP contribution in [0.15, 0.2) is 212 Å². The molecule has 0 aliphatic rings. The van der Waals surface area contributed by atoms with E-state index in [0.29, 0.717) is 0 Å². The molecule has 0 saturated carbocycles. The summed E-state index contributed by atoms with van der Waals surface area (Å²) in [6.07, 6.45) is 0. The van der Waals surface area contributed by atoms with Crippen LogP contribution in [0, 0.1) is 0 Å². The van der Waals surface area contributed by atoms with Gasteiger partial charge in [0.15, 0.2) is 0 Å². The van der Waals surface area contributed by atoms with E-state index in [-0.39, 0.29) is 0 Å².